The summed E-state index contributed by atoms with van der Waals surface area (Å²) in [6.07, 6.45) is -3.04. The van der Waals surface area contributed by atoms with Gasteiger partial charge in [0, 0.05) is 12.1 Å². The van der Waals surface area contributed by atoms with E-state index in [1.54, 1.807) is 12.1 Å². The molecule has 0 atom stereocenters. The van der Waals surface area contributed by atoms with Gasteiger partial charge in [-0.05, 0) is 54.1 Å². The number of ether oxygens (including phenoxy) is 1. The summed E-state index contributed by atoms with van der Waals surface area (Å²) < 4.78 is 44.5. The number of carbonyl (C=O) groups excluding carboxylic acids is 2. The number of esters is 1. The third kappa shape index (κ3) is 5.44. The molecule has 3 aromatic rings. The number of hydrogen-bond donors (Lipinski definition) is 0. The van der Waals surface area contributed by atoms with Crippen LogP contribution in [0.15, 0.2) is 77.7 Å². The highest BCUT2D eigenvalue weighted by molar-refractivity contribution is 8.27. The Morgan fingerprint density at radius 2 is 1.72 bits per heavy atom. The third-order valence-corrected chi connectivity index (χ3v) is 6.23. The molecule has 0 aromatic heterocycles. The molecule has 1 aliphatic rings. The number of thiocarbonyl (C=S) groups is 1. The summed E-state index contributed by atoms with van der Waals surface area (Å²) in [6, 6.07) is 15.4. The van der Waals surface area contributed by atoms with Crippen LogP contribution in [0.4, 0.5) is 24.5 Å². The highest BCUT2D eigenvalue weighted by atomic mass is 32.2. The lowest BCUT2D eigenvalue weighted by Crippen LogP contribution is -2.27. The normalized spacial score (nSPS) is 14.9. The Kier molecular flexibility index (Phi) is 6.91. The van der Waals surface area contributed by atoms with Gasteiger partial charge < -0.3 is 4.74 Å². The van der Waals surface area contributed by atoms with Crippen molar-refractivity contribution in [3.63, 3.8) is 0 Å². The Hall–Kier alpha value is -4.03. The zero-order chi connectivity index (χ0) is 26.0. The van der Waals surface area contributed by atoms with Crippen molar-refractivity contribution in [3.8, 4) is 5.75 Å². The fourth-order valence-electron chi connectivity index (χ4n) is 3.18. The van der Waals surface area contributed by atoms with E-state index >= 15 is 0 Å². The second kappa shape index (κ2) is 9.91. The van der Waals surface area contributed by atoms with Gasteiger partial charge in [-0.15, -0.1) is 0 Å². The fourth-order valence-corrected chi connectivity index (χ4v) is 4.48. The second-order valence-corrected chi connectivity index (χ2v) is 9.00. The number of nitro benzene ring substituents is 1. The molecule has 1 heterocycles. The number of nitro groups is 1. The molecular weight excluding hydrogens is 517 g/mol. The van der Waals surface area contributed by atoms with Crippen LogP contribution in [0.25, 0.3) is 6.08 Å². The van der Waals surface area contributed by atoms with Crippen molar-refractivity contribution in [1.29, 1.82) is 0 Å². The monoisotopic (exact) mass is 530 g/mol. The zero-order valence-electron chi connectivity index (χ0n) is 17.9. The molecule has 0 bridgehead atoms. The van der Waals surface area contributed by atoms with E-state index in [-0.39, 0.29) is 31.9 Å². The first-order chi connectivity index (χ1) is 17.0. The highest BCUT2D eigenvalue weighted by Crippen LogP contribution is 2.38. The molecule has 4 rings (SSSR count). The van der Waals surface area contributed by atoms with E-state index < -0.39 is 28.5 Å². The van der Waals surface area contributed by atoms with Gasteiger partial charge in [0.1, 0.15) is 5.75 Å². The molecule has 0 saturated carbocycles. The molecule has 0 N–H and O–H groups in total. The minimum atomic E-state index is -4.56. The van der Waals surface area contributed by atoms with Gasteiger partial charge in [0.05, 0.1) is 26.6 Å². The number of thioether (sulfide) groups is 1. The van der Waals surface area contributed by atoms with Crippen LogP contribution in [0.2, 0.25) is 0 Å². The van der Waals surface area contributed by atoms with E-state index in [1.165, 1.54) is 54.6 Å². The lowest BCUT2D eigenvalue weighted by Gasteiger charge is -2.16. The molecule has 0 spiro atoms. The molecule has 1 fully saturated rings. The summed E-state index contributed by atoms with van der Waals surface area (Å²) >= 11 is 6.17. The first-order valence-electron chi connectivity index (χ1n) is 10.0. The van der Waals surface area contributed by atoms with E-state index in [9.17, 15) is 32.9 Å². The first kappa shape index (κ1) is 25.1. The number of halogens is 3. The quantitative estimate of drug-likeness (QED) is 0.0964. The van der Waals surface area contributed by atoms with Crippen LogP contribution in [0, 0.1) is 10.1 Å². The molecule has 1 saturated heterocycles. The molecule has 3 aromatic carbocycles. The van der Waals surface area contributed by atoms with E-state index in [2.05, 4.69) is 0 Å². The molecule has 1 amide bonds. The van der Waals surface area contributed by atoms with Crippen molar-refractivity contribution in [2.75, 3.05) is 4.90 Å². The standard InChI is InChI=1S/C24H13F3N2O5S2/c25-24(26,27)16-2-1-3-18(13-16)28-21(30)20(36-23(28)35)12-14-4-10-19(11-5-14)34-22(31)15-6-8-17(9-7-15)29(32)33/h1-13H. The van der Waals surface area contributed by atoms with Crippen LogP contribution in [0.5, 0.6) is 5.75 Å². The van der Waals surface area contributed by atoms with Crippen LogP contribution in [-0.4, -0.2) is 21.1 Å². The number of alkyl halides is 3. The summed E-state index contributed by atoms with van der Waals surface area (Å²) in [5.74, 6) is -1.07. The molecular formula is C24H13F3N2O5S2. The largest absolute Gasteiger partial charge is 0.423 e. The van der Waals surface area contributed by atoms with E-state index in [1.807, 2.05) is 0 Å². The Balaban J connectivity index is 1.47. The van der Waals surface area contributed by atoms with Crippen molar-refractivity contribution < 1.29 is 32.4 Å². The smallest absolute Gasteiger partial charge is 0.416 e. The second-order valence-electron chi connectivity index (χ2n) is 7.33. The fraction of sp³-hybridized carbons (Fsp3) is 0.0417. The van der Waals surface area contributed by atoms with E-state index in [4.69, 9.17) is 17.0 Å². The van der Waals surface area contributed by atoms with Crippen molar-refractivity contribution >= 4 is 57.6 Å². The van der Waals surface area contributed by atoms with Gasteiger partial charge in [-0.2, -0.15) is 13.2 Å². The van der Waals surface area contributed by atoms with Crippen molar-refractivity contribution in [1.82, 2.24) is 0 Å². The Bertz CT molecular complexity index is 1400. The molecule has 1 aliphatic heterocycles. The number of carbonyl (C=O) groups is 2. The average Bonchev–Trinajstić information content (AvgIpc) is 3.12. The van der Waals surface area contributed by atoms with Gasteiger partial charge in [-0.1, -0.05) is 42.2 Å². The molecule has 0 aliphatic carbocycles. The van der Waals surface area contributed by atoms with E-state index in [0.717, 1.165) is 28.8 Å². The van der Waals surface area contributed by atoms with Gasteiger partial charge in [-0.25, -0.2) is 4.79 Å². The Morgan fingerprint density at radius 1 is 1.06 bits per heavy atom. The zero-order valence-corrected chi connectivity index (χ0v) is 19.5. The highest BCUT2D eigenvalue weighted by Gasteiger charge is 2.36. The number of anilines is 1. The average molecular weight is 531 g/mol. The van der Waals surface area contributed by atoms with Gasteiger partial charge in [0.2, 0.25) is 0 Å². The van der Waals surface area contributed by atoms with Gasteiger partial charge in [0.25, 0.3) is 11.6 Å². The number of hydrogen-bond acceptors (Lipinski definition) is 7. The maximum Gasteiger partial charge on any atom is 0.416 e. The maximum absolute atomic E-state index is 13.1. The van der Waals surface area contributed by atoms with Crippen LogP contribution < -0.4 is 9.64 Å². The Morgan fingerprint density at radius 3 is 2.33 bits per heavy atom. The lowest BCUT2D eigenvalue weighted by molar-refractivity contribution is -0.384. The molecule has 7 nitrogen and oxygen atoms in total. The first-order valence-corrected chi connectivity index (χ1v) is 11.3. The van der Waals surface area contributed by atoms with Crippen LogP contribution >= 0.6 is 24.0 Å². The maximum atomic E-state index is 13.1. The Labute approximate surface area is 211 Å². The molecule has 12 heteroatoms. The molecule has 36 heavy (non-hydrogen) atoms. The number of rotatable bonds is 5. The van der Waals surface area contributed by atoms with Crippen LogP contribution in [0.1, 0.15) is 21.5 Å². The van der Waals surface area contributed by atoms with Crippen molar-refractivity contribution in [2.24, 2.45) is 0 Å². The predicted molar refractivity (Wildman–Crippen MR) is 132 cm³/mol. The molecule has 0 unspecified atom stereocenters. The minimum absolute atomic E-state index is 0.0178. The summed E-state index contributed by atoms with van der Waals surface area (Å²) in [4.78, 5) is 36.5. The number of nitrogens with zero attached hydrogens (tertiary/aromatic N) is 2. The number of amides is 1. The minimum Gasteiger partial charge on any atom is -0.423 e. The molecule has 182 valence electrons. The van der Waals surface area contributed by atoms with Crippen LogP contribution in [-0.2, 0) is 11.0 Å². The van der Waals surface area contributed by atoms with Crippen LogP contribution in [0.3, 0.4) is 0 Å². The predicted octanol–water partition coefficient (Wildman–Crippen LogP) is 6.24. The number of non-ortho nitro benzene ring substituents is 1. The number of benzene rings is 3. The summed E-state index contributed by atoms with van der Waals surface area (Å²) in [5.41, 5.74) is -0.340. The summed E-state index contributed by atoms with van der Waals surface area (Å²) in [7, 11) is 0. The summed E-state index contributed by atoms with van der Waals surface area (Å²) in [6.45, 7) is 0. The van der Waals surface area contributed by atoms with Crippen molar-refractivity contribution in [2.45, 2.75) is 6.18 Å². The lowest BCUT2D eigenvalue weighted by atomic mass is 10.1. The van der Waals surface area contributed by atoms with Crippen molar-refractivity contribution in [3.05, 3.63) is 105 Å². The topological polar surface area (TPSA) is 89.8 Å². The summed E-state index contributed by atoms with van der Waals surface area (Å²) in [5, 5.41) is 10.7. The third-order valence-electron chi connectivity index (χ3n) is 4.93. The SMILES string of the molecule is O=C(Oc1ccc(C=C2SC(=S)N(c3cccc(C(F)(F)F)c3)C2=O)cc1)c1ccc([N+](=O)[O-])cc1. The van der Waals surface area contributed by atoms with Gasteiger partial charge in [0.15, 0.2) is 4.32 Å². The van der Waals surface area contributed by atoms with Gasteiger partial charge >= 0.3 is 12.1 Å². The van der Waals surface area contributed by atoms with E-state index in [0.29, 0.717) is 5.56 Å². The van der Waals surface area contributed by atoms with Gasteiger partial charge in [-0.3, -0.25) is 19.8 Å². The molecule has 0 radical (unpaired) electrons.